The van der Waals surface area contributed by atoms with Gasteiger partial charge in [-0.05, 0) is 13.8 Å². The molecule has 36 valence electrons. The Balaban J connectivity index is 0. The van der Waals surface area contributed by atoms with Crippen LogP contribution < -0.4 is 23.7 Å². The Morgan fingerprint density at radius 2 is 2.00 bits per heavy atom. The van der Waals surface area contributed by atoms with Gasteiger partial charge in [0.05, 0.1) is 0 Å². The molecule has 0 aliphatic rings. The molecule has 0 atom stereocenters. The van der Waals surface area contributed by atoms with Crippen LogP contribution in [-0.2, 0) is 0 Å². The molecule has 0 heterocycles. The third-order valence-electron chi connectivity index (χ3n) is 0.492. The Labute approximate surface area is 58.9 Å². The van der Waals surface area contributed by atoms with Crippen molar-refractivity contribution in [3.05, 3.63) is 11.3 Å². The van der Waals surface area contributed by atoms with Gasteiger partial charge in [-0.15, -0.1) is 5.70 Å². The first-order valence-electron chi connectivity index (χ1n) is 1.99. The summed E-state index contributed by atoms with van der Waals surface area (Å²) >= 11 is 0. The Hall–Kier alpha value is 0.514. The van der Waals surface area contributed by atoms with E-state index in [-0.39, 0.29) is 18.9 Å². The summed E-state index contributed by atoms with van der Waals surface area (Å²) < 4.78 is 0. The number of hydrogen-bond donors (Lipinski definition) is 0. The zero-order chi connectivity index (χ0) is 4.99. The number of rotatable bonds is 1. The summed E-state index contributed by atoms with van der Waals surface area (Å²) in [6, 6.07) is 0. The second-order valence-electron chi connectivity index (χ2n) is 1.45. The fourth-order valence-electron chi connectivity index (χ4n) is 0.167. The molecule has 1 nitrogen and oxygen atoms in total. The zero-order valence-corrected chi connectivity index (χ0v) is 6.61. The molecule has 0 radical (unpaired) electrons. The van der Waals surface area contributed by atoms with Crippen molar-refractivity contribution >= 4 is 9.76 Å². The van der Waals surface area contributed by atoms with Gasteiger partial charge >= 0.3 is 18.9 Å². The van der Waals surface area contributed by atoms with Crippen LogP contribution in [0.2, 0.25) is 0 Å². The summed E-state index contributed by atoms with van der Waals surface area (Å²) in [6.45, 7) is 3.90. The molecule has 0 rings (SSSR count). The van der Waals surface area contributed by atoms with E-state index in [0.717, 1.165) is 5.57 Å². The van der Waals surface area contributed by atoms with Gasteiger partial charge in [0.15, 0.2) is 0 Å². The van der Waals surface area contributed by atoms with Crippen LogP contribution in [0, 0.1) is 0 Å². The van der Waals surface area contributed by atoms with E-state index in [4.69, 9.17) is 0 Å². The minimum Gasteiger partial charge on any atom is -0.860 e. The monoisotopic (exact) mass is 108 g/mol. The largest absolute Gasteiger partial charge is 1.00 e. The van der Waals surface area contributed by atoms with Gasteiger partial charge in [-0.2, -0.15) is 0 Å². The van der Waals surface area contributed by atoms with Crippen LogP contribution in [0.3, 0.4) is 0 Å². The van der Waals surface area contributed by atoms with Crippen LogP contribution in [0.4, 0.5) is 0 Å². The first-order valence-corrected chi connectivity index (χ1v) is 3.38. The van der Waals surface area contributed by atoms with E-state index in [1.54, 1.807) is 5.70 Å². The molecule has 0 fully saturated rings. The van der Waals surface area contributed by atoms with Gasteiger partial charge < -0.3 is 4.80 Å². The normalized spacial score (nSPS) is 8.43. The molecule has 7 heavy (non-hydrogen) atoms. The van der Waals surface area contributed by atoms with Gasteiger partial charge in [0, 0.05) is 0 Å². The van der Waals surface area contributed by atoms with Crippen molar-refractivity contribution in [2.45, 2.75) is 13.8 Å². The van der Waals surface area contributed by atoms with E-state index in [1.165, 1.54) is 0 Å². The van der Waals surface area contributed by atoms with Crippen LogP contribution in [-0.4, -0.2) is 9.76 Å². The third kappa shape index (κ3) is 10.7. The summed E-state index contributed by atoms with van der Waals surface area (Å²) in [4.78, 5) is 9.80. The van der Waals surface area contributed by atoms with Gasteiger partial charge in [0.2, 0.25) is 0 Å². The van der Waals surface area contributed by atoms with Crippen molar-refractivity contribution in [2.75, 3.05) is 0 Å². The average molecular weight is 108 g/mol. The van der Waals surface area contributed by atoms with E-state index < -0.39 is 9.76 Å². The fraction of sp³-hybridized carbons (Fsp3) is 0.500. The Bertz CT molecular complexity index is 58.7. The Kier molecular flexibility index (Phi) is 9.76. The second kappa shape index (κ2) is 6.51. The first-order chi connectivity index (χ1) is 2.77. The van der Waals surface area contributed by atoms with Crippen molar-refractivity contribution in [3.8, 4) is 0 Å². The first kappa shape index (κ1) is 10.5. The number of hydrogen-bond acceptors (Lipinski definition) is 1. The van der Waals surface area contributed by atoms with Crippen LogP contribution in [0.5, 0.6) is 0 Å². The molecular formula is C4H9LiOSi. The Morgan fingerprint density at radius 3 is 2.00 bits per heavy atom. The third-order valence-corrected chi connectivity index (χ3v) is 1.47. The van der Waals surface area contributed by atoms with E-state index in [9.17, 15) is 4.80 Å². The van der Waals surface area contributed by atoms with E-state index >= 15 is 0 Å². The van der Waals surface area contributed by atoms with Gasteiger partial charge in [-0.1, -0.05) is 15.3 Å². The predicted molar refractivity (Wildman–Crippen MR) is 28.0 cm³/mol. The quantitative estimate of drug-likeness (QED) is 0.318. The van der Waals surface area contributed by atoms with Crippen molar-refractivity contribution in [2.24, 2.45) is 0 Å². The fourth-order valence-corrected chi connectivity index (χ4v) is 0.500. The molecule has 3 heteroatoms. The second-order valence-corrected chi connectivity index (χ2v) is 2.19. The maximum absolute atomic E-state index is 9.80. The van der Waals surface area contributed by atoms with Crippen LogP contribution >= 0.6 is 0 Å². The summed E-state index contributed by atoms with van der Waals surface area (Å²) in [5.74, 6) is 0. The molecule has 0 aliphatic heterocycles. The molecule has 0 aromatic carbocycles. The summed E-state index contributed by atoms with van der Waals surface area (Å²) in [7, 11) is -1.05. The maximum atomic E-state index is 9.80. The molecule has 0 aromatic heterocycles. The molecule has 0 bridgehead atoms. The van der Waals surface area contributed by atoms with E-state index in [0.29, 0.717) is 0 Å². The molecule has 0 aliphatic carbocycles. The van der Waals surface area contributed by atoms with Crippen LogP contribution in [0.25, 0.3) is 0 Å². The molecule has 0 unspecified atom stereocenters. The molecule has 0 aromatic rings. The topological polar surface area (TPSA) is 23.1 Å². The molecule has 0 N–H and O–H groups in total. The smallest absolute Gasteiger partial charge is 0.860 e. The minimum atomic E-state index is -1.05. The minimum absolute atomic E-state index is 0. The molecule has 0 saturated carbocycles. The standard InChI is InChI=1S/C4H9OSi.Li/c1-4(2)3-6-5;/h3H,6H2,1-2H3;/q-1;+1. The molecule has 0 spiro atoms. The molecule has 0 saturated heterocycles. The van der Waals surface area contributed by atoms with Crippen molar-refractivity contribution in [3.63, 3.8) is 0 Å². The van der Waals surface area contributed by atoms with Crippen molar-refractivity contribution in [1.82, 2.24) is 0 Å². The van der Waals surface area contributed by atoms with Gasteiger partial charge in [-0.25, -0.2) is 0 Å². The van der Waals surface area contributed by atoms with Crippen LogP contribution in [0.1, 0.15) is 13.8 Å². The zero-order valence-electron chi connectivity index (χ0n) is 5.19. The Morgan fingerprint density at radius 1 is 1.57 bits per heavy atom. The molecular weight excluding hydrogens is 99.1 g/mol. The van der Waals surface area contributed by atoms with Gasteiger partial charge in [0.25, 0.3) is 0 Å². The maximum Gasteiger partial charge on any atom is 1.00 e. The SMILES string of the molecule is CC(C)=C[SiH2][O-].[Li+]. The summed E-state index contributed by atoms with van der Waals surface area (Å²) in [5, 5.41) is 0. The van der Waals surface area contributed by atoms with Gasteiger partial charge in [0.1, 0.15) is 0 Å². The molecule has 0 amide bonds. The van der Waals surface area contributed by atoms with E-state index in [2.05, 4.69) is 0 Å². The van der Waals surface area contributed by atoms with Crippen molar-refractivity contribution in [1.29, 1.82) is 0 Å². The average Bonchev–Trinajstić information content (AvgIpc) is 1.35. The van der Waals surface area contributed by atoms with Crippen LogP contribution in [0.15, 0.2) is 11.3 Å². The number of allylic oxidation sites excluding steroid dienone is 1. The summed E-state index contributed by atoms with van der Waals surface area (Å²) in [6.07, 6.45) is 0. The van der Waals surface area contributed by atoms with E-state index in [1.807, 2.05) is 13.8 Å². The summed E-state index contributed by atoms with van der Waals surface area (Å²) in [5.41, 5.74) is 2.96. The van der Waals surface area contributed by atoms with Gasteiger partial charge in [-0.3, -0.25) is 0 Å². The van der Waals surface area contributed by atoms with Crippen molar-refractivity contribution < 1.29 is 23.7 Å². The predicted octanol–water partition coefficient (Wildman–Crippen LogP) is -3.64.